The number of rotatable bonds is 6. The fourth-order valence-electron chi connectivity index (χ4n) is 6.94. The summed E-state index contributed by atoms with van der Waals surface area (Å²) in [6, 6.07) is 13.4. The molecule has 7 rings (SSSR count). The Balaban J connectivity index is 1.37. The van der Waals surface area contributed by atoms with Crippen molar-refractivity contribution in [2.45, 2.75) is 43.8 Å². The van der Waals surface area contributed by atoms with E-state index in [-0.39, 0.29) is 29.6 Å². The number of primary amides is 1. The molecular formula is C31H29Cl2FN6O3. The topological polar surface area (TPSA) is 115 Å². The Morgan fingerprint density at radius 2 is 2.00 bits per heavy atom. The Hall–Kier alpha value is -3.73. The zero-order valence-corrected chi connectivity index (χ0v) is 24.8. The number of halogens is 3. The van der Waals surface area contributed by atoms with E-state index in [9.17, 15) is 9.59 Å². The standard InChI is InChI=1S/C31H29Cl2FN6O3/c1-31(30(42)37-19-4-2-3-18(32)12-19)25(21-9-10-36-27(33)26(21)34)22-14-40-29(43-15-24(22)39(31)13-16-5-6-16)20-8-7-17(28(35)41)11-23(20)38-40/h2-4,7-12,16,22,24-25H,5-6,13-15H2,1H3,(H2,35,41)(H,37,42)/t22-,24+,25+,31-/m1/s1. The summed E-state index contributed by atoms with van der Waals surface area (Å²) < 4.78 is 24.1. The van der Waals surface area contributed by atoms with Gasteiger partial charge in [0.1, 0.15) is 12.1 Å². The lowest BCUT2D eigenvalue weighted by molar-refractivity contribution is -0.127. The summed E-state index contributed by atoms with van der Waals surface area (Å²) in [5.41, 5.74) is 6.07. The number of carbonyl (C=O) groups excluding carboxylic acids is 2. The summed E-state index contributed by atoms with van der Waals surface area (Å²) in [7, 11) is 0. The van der Waals surface area contributed by atoms with E-state index in [4.69, 9.17) is 38.8 Å². The monoisotopic (exact) mass is 622 g/mol. The van der Waals surface area contributed by atoms with E-state index in [2.05, 4.69) is 15.2 Å². The first kappa shape index (κ1) is 28.1. The van der Waals surface area contributed by atoms with Crippen molar-refractivity contribution in [2.24, 2.45) is 17.6 Å². The van der Waals surface area contributed by atoms with Crippen LogP contribution in [0.25, 0.3) is 10.9 Å². The highest BCUT2D eigenvalue weighted by Gasteiger charge is 2.62. The van der Waals surface area contributed by atoms with Gasteiger partial charge in [0.15, 0.2) is 11.0 Å². The normalized spacial score (nSPS) is 25.1. The Labute approximate surface area is 257 Å². The SMILES string of the molecule is C[C@]1(C(=O)Nc2cccc(Cl)c2)[C@@H](c2ccnc(Cl)c2F)[C@@H]2Cn3nc4cc(C(N)=O)ccc4c3OC[C@@H]2N1CC1CC1. The molecule has 2 aliphatic heterocycles. The van der Waals surface area contributed by atoms with Gasteiger partial charge in [-0.2, -0.15) is 5.10 Å². The molecule has 2 aromatic carbocycles. The lowest BCUT2D eigenvalue weighted by Gasteiger charge is -2.40. The molecule has 1 saturated carbocycles. The van der Waals surface area contributed by atoms with Crippen molar-refractivity contribution in [3.63, 3.8) is 0 Å². The number of amides is 2. The predicted octanol–water partition coefficient (Wildman–Crippen LogP) is 5.26. The Morgan fingerprint density at radius 3 is 2.74 bits per heavy atom. The predicted molar refractivity (Wildman–Crippen MR) is 161 cm³/mol. The molecule has 1 saturated heterocycles. The second-order valence-electron chi connectivity index (χ2n) is 11.8. The average molecular weight is 624 g/mol. The maximum Gasteiger partial charge on any atom is 0.248 e. The van der Waals surface area contributed by atoms with Crippen LogP contribution in [0.1, 0.15) is 41.6 Å². The van der Waals surface area contributed by atoms with E-state index >= 15 is 4.39 Å². The van der Waals surface area contributed by atoms with Gasteiger partial charge < -0.3 is 15.8 Å². The summed E-state index contributed by atoms with van der Waals surface area (Å²) in [5.74, 6) is -1.43. The second kappa shape index (κ2) is 10.5. The third-order valence-corrected chi connectivity index (χ3v) is 9.68. The molecule has 3 N–H and O–H groups in total. The Bertz CT molecular complexity index is 1780. The van der Waals surface area contributed by atoms with Gasteiger partial charge in [0.2, 0.25) is 17.7 Å². The van der Waals surface area contributed by atoms with E-state index in [0.717, 1.165) is 18.2 Å². The number of nitrogens with one attached hydrogen (secondary N) is 1. The highest BCUT2D eigenvalue weighted by Crippen LogP contribution is 2.54. The van der Waals surface area contributed by atoms with Gasteiger partial charge in [0.25, 0.3) is 0 Å². The minimum Gasteiger partial charge on any atom is -0.476 e. The number of hydrogen-bond donors (Lipinski definition) is 2. The number of carbonyl (C=O) groups is 2. The number of nitrogens with two attached hydrogens (primary N) is 1. The molecule has 2 aromatic heterocycles. The molecule has 4 atom stereocenters. The van der Waals surface area contributed by atoms with Crippen LogP contribution in [0.15, 0.2) is 54.7 Å². The molecule has 4 heterocycles. The number of pyridine rings is 1. The van der Waals surface area contributed by atoms with E-state index in [1.165, 1.54) is 6.20 Å². The maximum atomic E-state index is 15.9. The lowest BCUT2D eigenvalue weighted by atomic mass is 9.74. The van der Waals surface area contributed by atoms with Gasteiger partial charge in [-0.3, -0.25) is 14.5 Å². The number of fused-ring (bicyclic) bond motifs is 4. The van der Waals surface area contributed by atoms with Gasteiger partial charge in [-0.05, 0) is 73.7 Å². The van der Waals surface area contributed by atoms with Crippen molar-refractivity contribution in [1.29, 1.82) is 0 Å². The molecule has 3 aliphatic rings. The van der Waals surface area contributed by atoms with E-state index < -0.39 is 23.2 Å². The third kappa shape index (κ3) is 4.72. The van der Waals surface area contributed by atoms with Crippen LogP contribution in [-0.4, -0.2) is 56.2 Å². The number of likely N-dealkylation sites (tertiary alicyclic amines) is 1. The molecule has 0 unspecified atom stereocenters. The fraction of sp³-hybridized carbons (Fsp3) is 0.355. The van der Waals surface area contributed by atoms with Gasteiger partial charge in [0.05, 0.1) is 16.9 Å². The molecule has 222 valence electrons. The minimum atomic E-state index is -1.20. The van der Waals surface area contributed by atoms with Crippen molar-refractivity contribution in [2.75, 3.05) is 18.5 Å². The number of aromatic nitrogens is 3. The van der Waals surface area contributed by atoms with Crippen LogP contribution >= 0.6 is 23.2 Å². The molecule has 1 aliphatic carbocycles. The van der Waals surface area contributed by atoms with E-state index in [0.29, 0.717) is 52.2 Å². The zero-order chi connectivity index (χ0) is 30.0. The van der Waals surface area contributed by atoms with Crippen molar-refractivity contribution in [1.82, 2.24) is 19.7 Å². The second-order valence-corrected chi connectivity index (χ2v) is 12.6. The summed E-state index contributed by atoms with van der Waals surface area (Å²) in [6.07, 6.45) is 3.60. The van der Waals surface area contributed by atoms with Crippen LogP contribution < -0.4 is 15.8 Å². The first-order chi connectivity index (χ1) is 20.6. The van der Waals surface area contributed by atoms with Gasteiger partial charge >= 0.3 is 0 Å². The van der Waals surface area contributed by atoms with E-state index in [1.54, 1.807) is 53.2 Å². The smallest absolute Gasteiger partial charge is 0.248 e. The molecule has 12 heteroatoms. The number of nitrogens with zero attached hydrogens (tertiary/aromatic N) is 4. The minimum absolute atomic E-state index is 0.242. The van der Waals surface area contributed by atoms with Crippen LogP contribution in [0, 0.1) is 17.7 Å². The number of hydrogen-bond acceptors (Lipinski definition) is 6. The third-order valence-electron chi connectivity index (χ3n) is 9.18. The fourth-order valence-corrected chi connectivity index (χ4v) is 7.30. The molecule has 4 aromatic rings. The van der Waals surface area contributed by atoms with Gasteiger partial charge in [-0.15, -0.1) is 0 Å². The average Bonchev–Trinajstić information content (AvgIpc) is 3.72. The van der Waals surface area contributed by atoms with Gasteiger partial charge in [-0.1, -0.05) is 29.3 Å². The molecule has 2 amide bonds. The molecule has 0 spiro atoms. The Morgan fingerprint density at radius 1 is 1.19 bits per heavy atom. The number of anilines is 1. The largest absolute Gasteiger partial charge is 0.476 e. The lowest BCUT2D eigenvalue weighted by Crippen LogP contribution is -2.57. The van der Waals surface area contributed by atoms with Crippen molar-refractivity contribution in [3.8, 4) is 5.88 Å². The summed E-state index contributed by atoms with van der Waals surface area (Å²) in [6.45, 7) is 3.13. The van der Waals surface area contributed by atoms with Gasteiger partial charge in [-0.25, -0.2) is 14.1 Å². The highest BCUT2D eigenvalue weighted by molar-refractivity contribution is 6.31. The molecule has 0 radical (unpaired) electrons. The van der Waals surface area contributed by atoms with E-state index in [1.807, 2.05) is 6.92 Å². The molecule has 2 fully saturated rings. The number of ether oxygens (including phenoxy) is 1. The first-order valence-corrected chi connectivity index (χ1v) is 15.0. The first-order valence-electron chi connectivity index (χ1n) is 14.2. The van der Waals surface area contributed by atoms with Crippen molar-refractivity contribution >= 4 is 51.6 Å². The van der Waals surface area contributed by atoms with Gasteiger partial charge in [0, 0.05) is 47.4 Å². The van der Waals surface area contributed by atoms with Crippen LogP contribution in [0.3, 0.4) is 0 Å². The van der Waals surface area contributed by atoms with Crippen molar-refractivity contribution < 1.29 is 18.7 Å². The number of benzene rings is 2. The molecule has 9 nitrogen and oxygen atoms in total. The molecular weight excluding hydrogens is 594 g/mol. The van der Waals surface area contributed by atoms with Crippen LogP contribution in [0.5, 0.6) is 5.88 Å². The summed E-state index contributed by atoms with van der Waals surface area (Å²) in [5, 5.41) is 8.82. The molecule has 43 heavy (non-hydrogen) atoms. The quantitative estimate of drug-likeness (QED) is 0.283. The van der Waals surface area contributed by atoms with Crippen molar-refractivity contribution in [3.05, 3.63) is 81.8 Å². The van der Waals surface area contributed by atoms with Crippen LogP contribution in [-0.2, 0) is 11.3 Å². The van der Waals surface area contributed by atoms with Crippen LogP contribution in [0.2, 0.25) is 10.2 Å². The zero-order valence-electron chi connectivity index (χ0n) is 23.3. The van der Waals surface area contributed by atoms with Crippen LogP contribution in [0.4, 0.5) is 10.1 Å². The summed E-state index contributed by atoms with van der Waals surface area (Å²) >= 11 is 12.5. The Kier molecular flexibility index (Phi) is 6.83. The summed E-state index contributed by atoms with van der Waals surface area (Å²) in [4.78, 5) is 32.5. The maximum absolute atomic E-state index is 15.9. The molecule has 0 bridgehead atoms. The highest BCUT2D eigenvalue weighted by atomic mass is 35.5.